The summed E-state index contributed by atoms with van der Waals surface area (Å²) in [6.45, 7) is 0.377. The fraction of sp³-hybridized carbons (Fsp3) is 0.125. The Morgan fingerprint density at radius 3 is 2.83 bits per heavy atom. The Kier molecular flexibility index (Phi) is 5.19. The normalized spacial score (nSPS) is 10.7. The van der Waals surface area contributed by atoms with Crippen LogP contribution in [0.25, 0.3) is 11.3 Å². The highest BCUT2D eigenvalue weighted by molar-refractivity contribution is 9.10. The fourth-order valence-corrected chi connectivity index (χ4v) is 2.75. The van der Waals surface area contributed by atoms with Gasteiger partial charge in [-0.2, -0.15) is 0 Å². The maximum atomic E-state index is 11.8. The smallest absolute Gasteiger partial charge is 0.256 e. The van der Waals surface area contributed by atoms with Gasteiger partial charge in [-0.15, -0.1) is 0 Å². The van der Waals surface area contributed by atoms with Crippen LogP contribution in [-0.2, 0) is 11.3 Å². The number of nitrogens with one attached hydrogen (secondary N) is 1. The Labute approximate surface area is 145 Å². The Bertz CT molecular complexity index is 769. The van der Waals surface area contributed by atoms with Gasteiger partial charge in [-0.3, -0.25) is 4.79 Å². The number of hydrogen-bond donors (Lipinski definition) is 1. The van der Waals surface area contributed by atoms with Gasteiger partial charge in [0.25, 0.3) is 5.22 Å². The molecule has 23 heavy (non-hydrogen) atoms. The maximum Gasteiger partial charge on any atom is 0.256 e. The number of halogens is 1. The average molecular weight is 393 g/mol. The van der Waals surface area contributed by atoms with Crippen LogP contribution in [0, 0.1) is 0 Å². The van der Waals surface area contributed by atoms with Gasteiger partial charge in [-0.25, -0.2) is 4.98 Å². The summed E-state index contributed by atoms with van der Waals surface area (Å²) in [5, 5.41) is 3.24. The van der Waals surface area contributed by atoms with Crippen molar-refractivity contribution >= 4 is 33.6 Å². The first-order chi connectivity index (χ1) is 11.2. The van der Waals surface area contributed by atoms with Crippen LogP contribution in [-0.4, -0.2) is 16.6 Å². The molecule has 3 rings (SSSR count). The molecule has 0 saturated carbocycles. The van der Waals surface area contributed by atoms with E-state index in [0.717, 1.165) is 15.8 Å². The van der Waals surface area contributed by atoms with Gasteiger partial charge < -0.3 is 14.2 Å². The van der Waals surface area contributed by atoms with Crippen LogP contribution in [0.3, 0.4) is 0 Å². The average Bonchev–Trinajstić information content (AvgIpc) is 3.23. The number of hydrogen-bond acceptors (Lipinski definition) is 5. The van der Waals surface area contributed by atoms with Crippen LogP contribution in [0.4, 0.5) is 0 Å². The molecule has 118 valence electrons. The van der Waals surface area contributed by atoms with Crippen molar-refractivity contribution in [2.45, 2.75) is 11.8 Å². The number of thioether (sulfide) groups is 1. The number of benzene rings is 1. The number of nitrogens with zero attached hydrogens (tertiary/aromatic N) is 1. The molecule has 0 radical (unpaired) electrons. The number of rotatable bonds is 6. The van der Waals surface area contributed by atoms with Crippen molar-refractivity contribution in [3.8, 4) is 11.3 Å². The maximum absolute atomic E-state index is 11.8. The minimum absolute atomic E-state index is 0.102. The third-order valence-corrected chi connectivity index (χ3v) is 4.35. The zero-order chi connectivity index (χ0) is 16.1. The predicted octanol–water partition coefficient (Wildman–Crippen LogP) is 4.11. The second-order valence-corrected chi connectivity index (χ2v) is 6.48. The minimum atomic E-state index is -0.102. The summed E-state index contributed by atoms with van der Waals surface area (Å²) in [6.07, 6.45) is 3.24. The van der Waals surface area contributed by atoms with Gasteiger partial charge in [-0.1, -0.05) is 39.8 Å². The highest BCUT2D eigenvalue weighted by Crippen LogP contribution is 2.26. The minimum Gasteiger partial charge on any atom is -0.467 e. The molecule has 7 heteroatoms. The molecule has 2 heterocycles. The van der Waals surface area contributed by atoms with Gasteiger partial charge in [-0.05, 0) is 24.3 Å². The first-order valence-corrected chi connectivity index (χ1v) is 8.62. The molecule has 0 aliphatic rings. The van der Waals surface area contributed by atoms with Crippen LogP contribution < -0.4 is 5.32 Å². The molecule has 0 unspecified atom stereocenters. The Morgan fingerprint density at radius 2 is 2.09 bits per heavy atom. The number of aromatic nitrogens is 1. The molecule has 5 nitrogen and oxygen atoms in total. The molecule has 1 N–H and O–H groups in total. The van der Waals surface area contributed by atoms with E-state index in [4.69, 9.17) is 8.83 Å². The summed E-state index contributed by atoms with van der Waals surface area (Å²) in [6, 6.07) is 11.3. The largest absolute Gasteiger partial charge is 0.467 e. The lowest BCUT2D eigenvalue weighted by Gasteiger charge is -2.01. The van der Waals surface area contributed by atoms with E-state index in [1.54, 1.807) is 18.5 Å². The summed E-state index contributed by atoms with van der Waals surface area (Å²) < 4.78 is 11.8. The summed E-state index contributed by atoms with van der Waals surface area (Å²) in [5.74, 6) is 1.53. The summed E-state index contributed by atoms with van der Waals surface area (Å²) >= 11 is 4.65. The molecule has 0 spiro atoms. The number of carbonyl (C=O) groups excluding carboxylic acids is 1. The number of oxazole rings is 1. The summed E-state index contributed by atoms with van der Waals surface area (Å²) in [7, 11) is 0. The SMILES string of the molecule is O=C(CSc1ncc(-c2ccc(Br)cc2)o1)NCc1ccco1. The standard InChI is InChI=1S/C16H13BrN2O3S/c17-12-5-3-11(4-6-12)14-9-19-16(22-14)23-10-15(20)18-8-13-2-1-7-21-13/h1-7,9H,8,10H2,(H,18,20). The zero-order valence-electron chi connectivity index (χ0n) is 12.0. The monoisotopic (exact) mass is 392 g/mol. The van der Waals surface area contributed by atoms with Crippen molar-refractivity contribution in [1.82, 2.24) is 10.3 Å². The lowest BCUT2D eigenvalue weighted by molar-refractivity contribution is -0.118. The Morgan fingerprint density at radius 1 is 1.26 bits per heavy atom. The second-order valence-electron chi connectivity index (χ2n) is 4.64. The number of amides is 1. The van der Waals surface area contributed by atoms with Crippen molar-refractivity contribution in [3.63, 3.8) is 0 Å². The zero-order valence-corrected chi connectivity index (χ0v) is 14.4. The lowest BCUT2D eigenvalue weighted by atomic mass is 10.2. The van der Waals surface area contributed by atoms with Crippen LogP contribution in [0.15, 0.2) is 67.4 Å². The van der Waals surface area contributed by atoms with Crippen molar-refractivity contribution in [1.29, 1.82) is 0 Å². The van der Waals surface area contributed by atoms with Crippen molar-refractivity contribution in [2.75, 3.05) is 5.75 Å². The molecule has 0 aliphatic heterocycles. The van der Waals surface area contributed by atoms with E-state index in [0.29, 0.717) is 17.5 Å². The van der Waals surface area contributed by atoms with E-state index < -0.39 is 0 Å². The first-order valence-electron chi connectivity index (χ1n) is 6.84. The van der Waals surface area contributed by atoms with Crippen LogP contribution in [0.1, 0.15) is 5.76 Å². The van der Waals surface area contributed by atoms with E-state index in [1.807, 2.05) is 30.3 Å². The van der Waals surface area contributed by atoms with Crippen LogP contribution in [0.5, 0.6) is 0 Å². The molecule has 0 saturated heterocycles. The quantitative estimate of drug-likeness (QED) is 0.639. The van der Waals surface area contributed by atoms with Gasteiger partial charge in [0.1, 0.15) is 5.76 Å². The molecule has 1 amide bonds. The van der Waals surface area contributed by atoms with Crippen molar-refractivity contribution < 1.29 is 13.6 Å². The van der Waals surface area contributed by atoms with Gasteiger partial charge in [0, 0.05) is 10.0 Å². The Balaban J connectivity index is 1.50. The summed E-state index contributed by atoms with van der Waals surface area (Å²) in [5.41, 5.74) is 0.940. The van der Waals surface area contributed by atoms with E-state index in [-0.39, 0.29) is 11.7 Å². The van der Waals surface area contributed by atoms with Crippen molar-refractivity contribution in [3.05, 3.63) is 59.1 Å². The number of furan rings is 1. The van der Waals surface area contributed by atoms with Gasteiger partial charge in [0.15, 0.2) is 5.76 Å². The third-order valence-electron chi connectivity index (χ3n) is 2.98. The molecule has 0 fully saturated rings. The highest BCUT2D eigenvalue weighted by Gasteiger charge is 2.10. The van der Waals surface area contributed by atoms with Gasteiger partial charge in [0.2, 0.25) is 5.91 Å². The first kappa shape index (κ1) is 15.9. The van der Waals surface area contributed by atoms with Crippen molar-refractivity contribution in [2.24, 2.45) is 0 Å². The topological polar surface area (TPSA) is 68.3 Å². The van der Waals surface area contributed by atoms with Gasteiger partial charge in [0.05, 0.1) is 24.8 Å². The molecule has 0 atom stereocenters. The van der Waals surface area contributed by atoms with Gasteiger partial charge >= 0.3 is 0 Å². The van der Waals surface area contributed by atoms with E-state index in [9.17, 15) is 4.79 Å². The van der Waals surface area contributed by atoms with Crippen LogP contribution >= 0.6 is 27.7 Å². The number of carbonyl (C=O) groups is 1. The van der Waals surface area contributed by atoms with E-state index in [2.05, 4.69) is 26.2 Å². The molecule has 1 aromatic carbocycles. The molecule has 2 aromatic heterocycles. The Hall–Kier alpha value is -1.99. The second kappa shape index (κ2) is 7.52. The molecule has 0 bridgehead atoms. The lowest BCUT2D eigenvalue weighted by Crippen LogP contribution is -2.24. The van der Waals surface area contributed by atoms with E-state index in [1.165, 1.54) is 11.8 Å². The predicted molar refractivity (Wildman–Crippen MR) is 90.9 cm³/mol. The fourth-order valence-electron chi connectivity index (χ4n) is 1.85. The van der Waals surface area contributed by atoms with Crippen LogP contribution in [0.2, 0.25) is 0 Å². The molecule has 0 aliphatic carbocycles. The van der Waals surface area contributed by atoms with E-state index >= 15 is 0 Å². The highest BCUT2D eigenvalue weighted by atomic mass is 79.9. The molecular weight excluding hydrogens is 380 g/mol. The third kappa shape index (κ3) is 4.49. The molecule has 3 aromatic rings. The molecular formula is C16H13BrN2O3S. The summed E-state index contributed by atoms with van der Waals surface area (Å²) in [4.78, 5) is 16.0.